The zero-order valence-electron chi connectivity index (χ0n) is 10.8. The molecule has 0 bridgehead atoms. The Morgan fingerprint density at radius 2 is 2.11 bits per heavy atom. The van der Waals surface area contributed by atoms with Crippen LogP contribution in [-0.2, 0) is 6.54 Å². The van der Waals surface area contributed by atoms with Crippen molar-refractivity contribution in [1.82, 2.24) is 5.32 Å². The summed E-state index contributed by atoms with van der Waals surface area (Å²) in [5, 5.41) is 21.4. The fourth-order valence-corrected chi connectivity index (χ4v) is 1.83. The number of aliphatic hydroxyl groups excluding tert-OH is 1. The molecule has 0 heterocycles. The lowest BCUT2D eigenvalue weighted by atomic mass is 10.1. The van der Waals surface area contributed by atoms with Crippen LogP contribution >= 0.6 is 0 Å². The predicted octanol–water partition coefficient (Wildman–Crippen LogP) is 2.19. The lowest BCUT2D eigenvalue weighted by Crippen LogP contribution is -2.27. The molecule has 0 aliphatic carbocycles. The summed E-state index contributed by atoms with van der Waals surface area (Å²) in [5.41, 5.74) is 1.03. The Kier molecular flexibility index (Phi) is 5.76. The van der Waals surface area contributed by atoms with Crippen LogP contribution in [0.15, 0.2) is 18.2 Å². The van der Waals surface area contributed by atoms with Crippen LogP contribution < -0.4 is 5.32 Å². The van der Waals surface area contributed by atoms with Crippen molar-refractivity contribution in [2.75, 3.05) is 6.54 Å². The average Bonchev–Trinajstić information content (AvgIpc) is 2.27. The van der Waals surface area contributed by atoms with Crippen molar-refractivity contribution < 1.29 is 9.50 Å². The quantitative estimate of drug-likeness (QED) is 0.813. The Morgan fingerprint density at radius 3 is 2.72 bits per heavy atom. The molecule has 1 rings (SSSR count). The molecular weight excluding hydrogens is 231 g/mol. The Hall–Kier alpha value is -1.44. The van der Waals surface area contributed by atoms with Gasteiger partial charge in [0.15, 0.2) is 0 Å². The first kappa shape index (κ1) is 14.6. The molecule has 1 aromatic rings. The number of rotatable bonds is 6. The molecule has 1 atom stereocenters. The number of nitriles is 1. The number of nitrogens with one attached hydrogen (secondary N) is 1. The number of hydrogen-bond acceptors (Lipinski definition) is 3. The molecule has 0 fully saturated rings. The van der Waals surface area contributed by atoms with Gasteiger partial charge in [0.25, 0.3) is 0 Å². The second-order valence-electron chi connectivity index (χ2n) is 4.87. The standard InChI is InChI=1S/C14H19FN2O/c1-10(2)3-14(18)9-17-8-12-4-11(7-16)5-13(15)6-12/h4-6,10,14,17-18H,3,8-9H2,1-2H3. The van der Waals surface area contributed by atoms with Crippen molar-refractivity contribution in [3.63, 3.8) is 0 Å². The predicted molar refractivity (Wildman–Crippen MR) is 68.3 cm³/mol. The summed E-state index contributed by atoms with van der Waals surface area (Å²) in [6, 6.07) is 6.16. The molecule has 1 unspecified atom stereocenters. The van der Waals surface area contributed by atoms with E-state index in [1.54, 1.807) is 6.07 Å². The van der Waals surface area contributed by atoms with Crippen molar-refractivity contribution >= 4 is 0 Å². The van der Waals surface area contributed by atoms with E-state index in [0.29, 0.717) is 30.1 Å². The van der Waals surface area contributed by atoms with Gasteiger partial charge in [0, 0.05) is 13.1 Å². The Balaban J connectivity index is 2.44. The van der Waals surface area contributed by atoms with E-state index in [1.165, 1.54) is 12.1 Å². The molecule has 0 spiro atoms. The van der Waals surface area contributed by atoms with Crippen LogP contribution in [0.25, 0.3) is 0 Å². The van der Waals surface area contributed by atoms with E-state index in [1.807, 2.05) is 6.07 Å². The third kappa shape index (κ3) is 5.26. The summed E-state index contributed by atoms with van der Waals surface area (Å²) in [4.78, 5) is 0. The number of hydrogen-bond donors (Lipinski definition) is 2. The number of halogens is 1. The van der Waals surface area contributed by atoms with Crippen LogP contribution in [0.4, 0.5) is 4.39 Å². The Labute approximate surface area is 107 Å². The molecule has 18 heavy (non-hydrogen) atoms. The van der Waals surface area contributed by atoms with Gasteiger partial charge in [0.2, 0.25) is 0 Å². The van der Waals surface area contributed by atoms with Crippen molar-refractivity contribution in [3.05, 3.63) is 35.1 Å². The Morgan fingerprint density at radius 1 is 1.39 bits per heavy atom. The van der Waals surface area contributed by atoms with Crippen LogP contribution in [-0.4, -0.2) is 17.8 Å². The maximum Gasteiger partial charge on any atom is 0.124 e. The molecule has 0 radical (unpaired) electrons. The summed E-state index contributed by atoms with van der Waals surface area (Å²) in [6.45, 7) is 5.02. The highest BCUT2D eigenvalue weighted by molar-refractivity contribution is 5.33. The minimum absolute atomic E-state index is 0.314. The highest BCUT2D eigenvalue weighted by atomic mass is 19.1. The first-order valence-corrected chi connectivity index (χ1v) is 6.09. The van der Waals surface area contributed by atoms with E-state index in [4.69, 9.17) is 5.26 Å². The van der Waals surface area contributed by atoms with Crippen LogP contribution in [0.2, 0.25) is 0 Å². The van der Waals surface area contributed by atoms with Gasteiger partial charge < -0.3 is 10.4 Å². The van der Waals surface area contributed by atoms with E-state index >= 15 is 0 Å². The van der Waals surface area contributed by atoms with E-state index in [2.05, 4.69) is 19.2 Å². The monoisotopic (exact) mass is 250 g/mol. The van der Waals surface area contributed by atoms with Crippen LogP contribution in [0, 0.1) is 23.1 Å². The van der Waals surface area contributed by atoms with Gasteiger partial charge in [-0.3, -0.25) is 0 Å². The molecule has 4 heteroatoms. The summed E-state index contributed by atoms with van der Waals surface area (Å²) >= 11 is 0. The molecule has 98 valence electrons. The van der Waals surface area contributed by atoms with Crippen LogP contribution in [0.1, 0.15) is 31.4 Å². The van der Waals surface area contributed by atoms with Crippen molar-refractivity contribution in [3.8, 4) is 6.07 Å². The third-order valence-corrected chi connectivity index (χ3v) is 2.54. The topological polar surface area (TPSA) is 56.0 Å². The van der Waals surface area contributed by atoms with E-state index in [-0.39, 0.29) is 0 Å². The van der Waals surface area contributed by atoms with E-state index in [0.717, 1.165) is 6.42 Å². The number of nitrogens with zero attached hydrogens (tertiary/aromatic N) is 1. The summed E-state index contributed by atoms with van der Waals surface area (Å²) in [6.07, 6.45) is 0.341. The van der Waals surface area contributed by atoms with Gasteiger partial charge >= 0.3 is 0 Å². The van der Waals surface area contributed by atoms with Crippen molar-refractivity contribution in [1.29, 1.82) is 5.26 Å². The van der Waals surface area contributed by atoms with Gasteiger partial charge in [-0.05, 0) is 36.1 Å². The van der Waals surface area contributed by atoms with E-state index in [9.17, 15) is 9.50 Å². The Bertz CT molecular complexity index is 426. The fraction of sp³-hybridized carbons (Fsp3) is 0.500. The molecule has 0 aliphatic rings. The van der Waals surface area contributed by atoms with Crippen molar-refractivity contribution in [2.45, 2.75) is 32.9 Å². The molecule has 0 amide bonds. The lowest BCUT2D eigenvalue weighted by Gasteiger charge is -2.13. The molecule has 0 aromatic heterocycles. The fourth-order valence-electron chi connectivity index (χ4n) is 1.83. The van der Waals surface area contributed by atoms with E-state index < -0.39 is 11.9 Å². The van der Waals surface area contributed by atoms with Gasteiger partial charge in [0.05, 0.1) is 17.7 Å². The lowest BCUT2D eigenvalue weighted by molar-refractivity contribution is 0.146. The first-order chi connectivity index (χ1) is 8.51. The van der Waals surface area contributed by atoms with Gasteiger partial charge in [-0.25, -0.2) is 4.39 Å². The smallest absolute Gasteiger partial charge is 0.124 e. The highest BCUT2D eigenvalue weighted by Gasteiger charge is 2.06. The molecule has 0 aliphatic heterocycles. The first-order valence-electron chi connectivity index (χ1n) is 6.09. The molecule has 0 saturated heterocycles. The van der Waals surface area contributed by atoms with Gasteiger partial charge in [-0.2, -0.15) is 5.26 Å². The van der Waals surface area contributed by atoms with Crippen molar-refractivity contribution in [2.24, 2.45) is 5.92 Å². The molecular formula is C14H19FN2O. The minimum atomic E-state index is -0.409. The van der Waals surface area contributed by atoms with Gasteiger partial charge in [-0.15, -0.1) is 0 Å². The number of benzene rings is 1. The zero-order chi connectivity index (χ0) is 13.5. The highest BCUT2D eigenvalue weighted by Crippen LogP contribution is 2.09. The maximum absolute atomic E-state index is 13.1. The maximum atomic E-state index is 13.1. The SMILES string of the molecule is CC(C)CC(O)CNCc1cc(F)cc(C#N)c1. The molecule has 3 nitrogen and oxygen atoms in total. The van der Waals surface area contributed by atoms with Gasteiger partial charge in [-0.1, -0.05) is 13.8 Å². The third-order valence-electron chi connectivity index (χ3n) is 2.54. The second kappa shape index (κ2) is 7.10. The molecule has 2 N–H and O–H groups in total. The second-order valence-corrected chi connectivity index (χ2v) is 4.87. The normalized spacial score (nSPS) is 12.4. The van der Waals surface area contributed by atoms with Gasteiger partial charge in [0.1, 0.15) is 5.82 Å². The summed E-state index contributed by atoms with van der Waals surface area (Å²) < 4.78 is 13.1. The molecule has 0 saturated carbocycles. The minimum Gasteiger partial charge on any atom is -0.392 e. The average molecular weight is 250 g/mol. The van der Waals surface area contributed by atoms with Crippen LogP contribution in [0.3, 0.4) is 0 Å². The largest absolute Gasteiger partial charge is 0.392 e. The summed E-state index contributed by atoms with van der Waals surface area (Å²) in [7, 11) is 0. The summed E-state index contributed by atoms with van der Waals surface area (Å²) in [5.74, 6) is 0.0368. The van der Waals surface area contributed by atoms with Crippen LogP contribution in [0.5, 0.6) is 0 Å². The zero-order valence-corrected chi connectivity index (χ0v) is 10.8. The number of aliphatic hydroxyl groups is 1. The molecule has 1 aromatic carbocycles.